The lowest BCUT2D eigenvalue weighted by Gasteiger charge is -2.31. The molecule has 0 aliphatic carbocycles. The van der Waals surface area contributed by atoms with Gasteiger partial charge in [0.2, 0.25) is 5.91 Å². The van der Waals surface area contributed by atoms with Gasteiger partial charge in [-0.25, -0.2) is 0 Å². The number of likely N-dealkylation sites (tertiary alicyclic amines) is 1. The zero-order valence-corrected chi connectivity index (χ0v) is 11.9. The van der Waals surface area contributed by atoms with Crippen LogP contribution in [-0.4, -0.2) is 46.1 Å². The van der Waals surface area contributed by atoms with Crippen molar-refractivity contribution in [3.8, 4) is 0 Å². The molecule has 104 valence electrons. The first-order valence-corrected chi connectivity index (χ1v) is 6.44. The minimum atomic E-state index is -0.770. The Morgan fingerprint density at radius 2 is 1.94 bits per heavy atom. The van der Waals surface area contributed by atoms with Crippen LogP contribution in [-0.2, 0) is 9.59 Å². The van der Waals surface area contributed by atoms with Crippen LogP contribution in [0.15, 0.2) is 0 Å². The minimum Gasteiger partial charge on any atom is -0.481 e. The van der Waals surface area contributed by atoms with Gasteiger partial charge < -0.3 is 10.4 Å². The predicted octanol–water partition coefficient (Wildman–Crippen LogP) is 1.08. The number of carboxylic acid groups (broad SMARTS) is 1. The van der Waals surface area contributed by atoms with Gasteiger partial charge in [0.15, 0.2) is 0 Å². The fraction of sp³-hybridized carbons (Fsp3) is 0.846. The van der Waals surface area contributed by atoms with Crippen LogP contribution in [0.25, 0.3) is 0 Å². The topological polar surface area (TPSA) is 69.6 Å². The van der Waals surface area contributed by atoms with E-state index in [0.29, 0.717) is 13.0 Å². The van der Waals surface area contributed by atoms with Gasteiger partial charge in [-0.3, -0.25) is 14.5 Å². The van der Waals surface area contributed by atoms with Crippen LogP contribution in [0.3, 0.4) is 0 Å². The van der Waals surface area contributed by atoms with Crippen molar-refractivity contribution in [2.45, 2.75) is 58.7 Å². The van der Waals surface area contributed by atoms with Crippen LogP contribution in [0.4, 0.5) is 0 Å². The predicted molar refractivity (Wildman–Crippen MR) is 69.3 cm³/mol. The third-order valence-corrected chi connectivity index (χ3v) is 3.50. The van der Waals surface area contributed by atoms with Crippen molar-refractivity contribution < 1.29 is 14.7 Å². The van der Waals surface area contributed by atoms with Crippen molar-refractivity contribution in [1.29, 1.82) is 0 Å². The number of aliphatic carboxylic acids is 1. The smallest absolute Gasteiger partial charge is 0.308 e. The SMILES string of the molecule is CC(C(=O)NC(C)(C)C)N1CCC(C(=O)O)C1C. The third-order valence-electron chi connectivity index (χ3n) is 3.50. The summed E-state index contributed by atoms with van der Waals surface area (Å²) in [6.07, 6.45) is 0.615. The molecule has 2 N–H and O–H groups in total. The summed E-state index contributed by atoms with van der Waals surface area (Å²) >= 11 is 0. The Morgan fingerprint density at radius 3 is 2.33 bits per heavy atom. The maximum Gasteiger partial charge on any atom is 0.308 e. The fourth-order valence-corrected chi connectivity index (χ4v) is 2.46. The summed E-state index contributed by atoms with van der Waals surface area (Å²) in [5, 5.41) is 12.0. The van der Waals surface area contributed by atoms with Gasteiger partial charge in [0.05, 0.1) is 12.0 Å². The van der Waals surface area contributed by atoms with E-state index in [1.807, 2.05) is 39.5 Å². The molecule has 1 rings (SSSR count). The highest BCUT2D eigenvalue weighted by Gasteiger charge is 2.39. The van der Waals surface area contributed by atoms with Crippen molar-refractivity contribution in [3.05, 3.63) is 0 Å². The molecule has 0 aromatic carbocycles. The molecule has 18 heavy (non-hydrogen) atoms. The number of hydrogen-bond acceptors (Lipinski definition) is 3. The van der Waals surface area contributed by atoms with E-state index in [1.54, 1.807) is 0 Å². The first-order chi connectivity index (χ1) is 8.13. The molecule has 0 radical (unpaired) electrons. The number of carboxylic acids is 1. The van der Waals surface area contributed by atoms with E-state index < -0.39 is 5.97 Å². The molecule has 1 aliphatic heterocycles. The molecular weight excluding hydrogens is 232 g/mol. The van der Waals surface area contributed by atoms with E-state index >= 15 is 0 Å². The second kappa shape index (κ2) is 5.26. The molecule has 0 aromatic heterocycles. The summed E-state index contributed by atoms with van der Waals surface area (Å²) in [7, 11) is 0. The average molecular weight is 256 g/mol. The highest BCUT2D eigenvalue weighted by Crippen LogP contribution is 2.26. The summed E-state index contributed by atoms with van der Waals surface area (Å²) < 4.78 is 0. The minimum absolute atomic E-state index is 0.0413. The van der Waals surface area contributed by atoms with E-state index in [-0.39, 0.29) is 29.4 Å². The molecule has 1 amide bonds. The maximum absolute atomic E-state index is 12.1. The van der Waals surface area contributed by atoms with E-state index in [9.17, 15) is 9.59 Å². The van der Waals surface area contributed by atoms with Gasteiger partial charge in [-0.1, -0.05) is 0 Å². The molecule has 5 heteroatoms. The van der Waals surface area contributed by atoms with Crippen molar-refractivity contribution in [2.24, 2.45) is 5.92 Å². The summed E-state index contributed by atoms with van der Waals surface area (Å²) in [4.78, 5) is 25.1. The second-order valence-electron chi connectivity index (χ2n) is 6.13. The number of amides is 1. The highest BCUT2D eigenvalue weighted by molar-refractivity contribution is 5.82. The van der Waals surface area contributed by atoms with E-state index in [1.165, 1.54) is 0 Å². The molecule has 0 bridgehead atoms. The van der Waals surface area contributed by atoms with Gasteiger partial charge in [0.1, 0.15) is 0 Å². The Balaban J connectivity index is 2.66. The molecule has 1 heterocycles. The van der Waals surface area contributed by atoms with Gasteiger partial charge >= 0.3 is 5.97 Å². The van der Waals surface area contributed by atoms with Crippen LogP contribution in [0.1, 0.15) is 41.0 Å². The zero-order chi connectivity index (χ0) is 14.1. The largest absolute Gasteiger partial charge is 0.481 e. The molecule has 3 unspecified atom stereocenters. The van der Waals surface area contributed by atoms with Crippen LogP contribution in [0, 0.1) is 5.92 Å². The van der Waals surface area contributed by atoms with Crippen LogP contribution in [0.5, 0.6) is 0 Å². The lowest BCUT2D eigenvalue weighted by molar-refractivity contribution is -0.143. The van der Waals surface area contributed by atoms with Crippen LogP contribution in [0.2, 0.25) is 0 Å². The van der Waals surface area contributed by atoms with Gasteiger partial charge in [-0.15, -0.1) is 0 Å². The highest BCUT2D eigenvalue weighted by atomic mass is 16.4. The monoisotopic (exact) mass is 256 g/mol. The first kappa shape index (κ1) is 15.0. The molecule has 1 aliphatic rings. The van der Waals surface area contributed by atoms with E-state index in [2.05, 4.69) is 5.32 Å². The molecule has 0 saturated carbocycles. The Bertz CT molecular complexity index is 336. The number of nitrogens with zero attached hydrogens (tertiary/aromatic N) is 1. The second-order valence-corrected chi connectivity index (χ2v) is 6.13. The molecular formula is C13H24N2O3. The molecule has 0 spiro atoms. The number of hydrogen-bond donors (Lipinski definition) is 2. The third kappa shape index (κ3) is 3.45. The number of nitrogens with one attached hydrogen (secondary N) is 1. The molecule has 0 aromatic rings. The molecule has 1 fully saturated rings. The fourth-order valence-electron chi connectivity index (χ4n) is 2.46. The Labute approximate surface area is 109 Å². The number of rotatable bonds is 3. The Hall–Kier alpha value is -1.10. The van der Waals surface area contributed by atoms with Crippen LogP contribution >= 0.6 is 0 Å². The zero-order valence-electron chi connectivity index (χ0n) is 11.9. The molecule has 5 nitrogen and oxygen atoms in total. The number of carbonyl (C=O) groups excluding carboxylic acids is 1. The van der Waals surface area contributed by atoms with Crippen LogP contribution < -0.4 is 5.32 Å². The quantitative estimate of drug-likeness (QED) is 0.793. The van der Waals surface area contributed by atoms with Crippen molar-refractivity contribution in [2.75, 3.05) is 6.54 Å². The van der Waals surface area contributed by atoms with Crippen molar-refractivity contribution >= 4 is 11.9 Å². The van der Waals surface area contributed by atoms with Gasteiger partial charge in [-0.2, -0.15) is 0 Å². The van der Waals surface area contributed by atoms with Crippen molar-refractivity contribution in [1.82, 2.24) is 10.2 Å². The number of carbonyl (C=O) groups is 2. The standard InChI is InChI=1S/C13H24N2O3/c1-8-10(12(17)18)6-7-15(8)9(2)11(16)14-13(3,4)5/h8-10H,6-7H2,1-5H3,(H,14,16)(H,17,18). The maximum atomic E-state index is 12.1. The van der Waals surface area contributed by atoms with E-state index in [4.69, 9.17) is 5.11 Å². The summed E-state index contributed by atoms with van der Waals surface area (Å²) in [6, 6.07) is -0.383. The average Bonchev–Trinajstić information content (AvgIpc) is 2.56. The van der Waals surface area contributed by atoms with Gasteiger partial charge in [-0.05, 0) is 41.0 Å². The Kier molecular flexibility index (Phi) is 4.37. The van der Waals surface area contributed by atoms with Crippen molar-refractivity contribution in [3.63, 3.8) is 0 Å². The van der Waals surface area contributed by atoms with E-state index in [0.717, 1.165) is 0 Å². The lowest BCUT2D eigenvalue weighted by Crippen LogP contribution is -2.52. The summed E-state index contributed by atoms with van der Waals surface area (Å²) in [6.45, 7) is 10.2. The summed E-state index contributed by atoms with van der Waals surface area (Å²) in [5.74, 6) is -1.18. The van der Waals surface area contributed by atoms with Gasteiger partial charge in [0.25, 0.3) is 0 Å². The molecule has 1 saturated heterocycles. The molecule has 3 atom stereocenters. The van der Waals surface area contributed by atoms with Gasteiger partial charge in [0, 0.05) is 18.1 Å². The Morgan fingerprint density at radius 1 is 1.39 bits per heavy atom. The summed E-state index contributed by atoms with van der Waals surface area (Å²) in [5.41, 5.74) is -0.263. The lowest BCUT2D eigenvalue weighted by atomic mass is 10.0. The first-order valence-electron chi connectivity index (χ1n) is 6.44. The normalized spacial score (nSPS) is 26.9.